The van der Waals surface area contributed by atoms with Gasteiger partial charge < -0.3 is 10.4 Å². The van der Waals surface area contributed by atoms with Crippen LogP contribution in [0, 0.1) is 0 Å². The Labute approximate surface area is 86.3 Å². The van der Waals surface area contributed by atoms with Gasteiger partial charge in [-0.1, -0.05) is 0 Å². The third-order valence-electron chi connectivity index (χ3n) is 1.60. The smallest absolute Gasteiger partial charge is 0.322 e. The maximum Gasteiger partial charge on any atom is 0.322 e. The fourth-order valence-corrected chi connectivity index (χ4v) is 1.40. The molecule has 82 valence electrons. The van der Waals surface area contributed by atoms with Crippen LogP contribution in [0.1, 0.15) is 0 Å². The molecule has 1 aromatic rings. The highest BCUT2D eigenvalue weighted by atomic mass is 32.2. The molecule has 0 bridgehead atoms. The lowest BCUT2D eigenvalue weighted by atomic mass is 10.3. The second-order valence-corrected chi connectivity index (χ2v) is 4.17. The van der Waals surface area contributed by atoms with Gasteiger partial charge in [0, 0.05) is 5.69 Å². The Bertz CT molecular complexity index is 450. The molecule has 0 heterocycles. The van der Waals surface area contributed by atoms with Crippen LogP contribution in [0.3, 0.4) is 0 Å². The zero-order chi connectivity index (χ0) is 11.5. The summed E-state index contributed by atoms with van der Waals surface area (Å²) in [6.07, 6.45) is 0. The van der Waals surface area contributed by atoms with Gasteiger partial charge in [-0.3, -0.25) is 9.35 Å². The molecule has 0 fully saturated rings. The van der Waals surface area contributed by atoms with Gasteiger partial charge in [-0.25, -0.2) is 0 Å². The number of carbonyl (C=O) groups is 1. The monoisotopic (exact) mass is 231 g/mol. The molecular weight excluding hydrogens is 222 g/mol. The number of hydrogen-bond acceptors (Lipinski definition) is 4. The van der Waals surface area contributed by atoms with E-state index in [0.717, 1.165) is 0 Å². The van der Waals surface area contributed by atoms with Crippen LogP contribution in [-0.4, -0.2) is 30.6 Å². The molecule has 0 saturated heterocycles. The molecule has 0 spiro atoms. The van der Waals surface area contributed by atoms with Crippen LogP contribution in [0.15, 0.2) is 29.2 Å². The highest BCUT2D eigenvalue weighted by molar-refractivity contribution is 7.85. The lowest BCUT2D eigenvalue weighted by Crippen LogP contribution is -2.12. The van der Waals surface area contributed by atoms with E-state index < -0.39 is 16.1 Å². The van der Waals surface area contributed by atoms with Gasteiger partial charge in [-0.15, -0.1) is 0 Å². The second kappa shape index (κ2) is 4.28. The fourth-order valence-electron chi connectivity index (χ4n) is 0.922. The molecule has 1 aromatic carbocycles. The summed E-state index contributed by atoms with van der Waals surface area (Å²) in [6.45, 7) is -0.259. The van der Waals surface area contributed by atoms with Crippen molar-refractivity contribution in [3.8, 4) is 0 Å². The number of rotatable bonds is 4. The molecule has 0 atom stereocenters. The number of nitrogens with one attached hydrogen (secondary N) is 1. The average molecular weight is 231 g/mol. The highest BCUT2D eigenvalue weighted by Gasteiger charge is 2.08. The Kier molecular flexibility index (Phi) is 3.28. The minimum absolute atomic E-state index is 0.233. The molecule has 3 N–H and O–H groups in total. The van der Waals surface area contributed by atoms with Crippen LogP contribution >= 0.6 is 0 Å². The molecule has 0 aromatic heterocycles. The van der Waals surface area contributed by atoms with E-state index in [1.165, 1.54) is 24.3 Å². The number of aliphatic carboxylic acids is 1. The van der Waals surface area contributed by atoms with Gasteiger partial charge >= 0.3 is 5.97 Å². The first-order chi connectivity index (χ1) is 6.89. The summed E-state index contributed by atoms with van der Waals surface area (Å²) in [5, 5.41) is 10.9. The van der Waals surface area contributed by atoms with Crippen LogP contribution < -0.4 is 5.32 Å². The van der Waals surface area contributed by atoms with E-state index in [9.17, 15) is 13.2 Å². The Morgan fingerprint density at radius 2 is 1.80 bits per heavy atom. The maximum atomic E-state index is 10.7. The van der Waals surface area contributed by atoms with Crippen LogP contribution in [-0.2, 0) is 14.9 Å². The number of benzene rings is 1. The molecule has 0 radical (unpaired) electrons. The summed E-state index contributed by atoms with van der Waals surface area (Å²) >= 11 is 0. The lowest BCUT2D eigenvalue weighted by Gasteiger charge is -2.03. The summed E-state index contributed by atoms with van der Waals surface area (Å²) in [6, 6.07) is 5.09. The van der Waals surface area contributed by atoms with Gasteiger partial charge in [0.15, 0.2) is 0 Å². The number of anilines is 1. The average Bonchev–Trinajstić information content (AvgIpc) is 2.14. The Morgan fingerprint density at radius 1 is 1.27 bits per heavy atom. The van der Waals surface area contributed by atoms with Crippen molar-refractivity contribution in [2.45, 2.75) is 4.90 Å². The molecule has 0 aliphatic rings. The van der Waals surface area contributed by atoms with Crippen molar-refractivity contribution in [3.05, 3.63) is 24.3 Å². The van der Waals surface area contributed by atoms with Crippen molar-refractivity contribution < 1.29 is 22.9 Å². The van der Waals surface area contributed by atoms with Crippen molar-refractivity contribution in [3.63, 3.8) is 0 Å². The van der Waals surface area contributed by atoms with Crippen LogP contribution in [0.25, 0.3) is 0 Å². The normalized spacial score (nSPS) is 11.0. The van der Waals surface area contributed by atoms with Gasteiger partial charge in [0.2, 0.25) is 0 Å². The van der Waals surface area contributed by atoms with E-state index in [2.05, 4.69) is 5.32 Å². The van der Waals surface area contributed by atoms with E-state index >= 15 is 0 Å². The van der Waals surface area contributed by atoms with Crippen molar-refractivity contribution in [1.29, 1.82) is 0 Å². The van der Waals surface area contributed by atoms with E-state index in [-0.39, 0.29) is 11.4 Å². The topological polar surface area (TPSA) is 104 Å². The molecular formula is C8H9NO5S. The molecule has 0 saturated carbocycles. The van der Waals surface area contributed by atoms with E-state index in [4.69, 9.17) is 9.66 Å². The third-order valence-corrected chi connectivity index (χ3v) is 2.46. The first kappa shape index (κ1) is 11.5. The third kappa shape index (κ3) is 3.56. The number of hydrogen-bond donors (Lipinski definition) is 3. The molecule has 7 heteroatoms. The van der Waals surface area contributed by atoms with Crippen molar-refractivity contribution in [2.75, 3.05) is 11.9 Å². The van der Waals surface area contributed by atoms with Crippen molar-refractivity contribution >= 4 is 21.8 Å². The SMILES string of the molecule is O=C(O)CNc1ccc(S(=O)(=O)O)cc1. The largest absolute Gasteiger partial charge is 0.480 e. The summed E-state index contributed by atoms with van der Waals surface area (Å²) in [4.78, 5) is 9.97. The van der Waals surface area contributed by atoms with Crippen molar-refractivity contribution in [1.82, 2.24) is 0 Å². The Hall–Kier alpha value is -1.60. The minimum atomic E-state index is -4.19. The summed E-state index contributed by atoms with van der Waals surface area (Å²) in [7, 11) is -4.19. The highest BCUT2D eigenvalue weighted by Crippen LogP contribution is 2.13. The first-order valence-electron chi connectivity index (χ1n) is 3.93. The van der Waals surface area contributed by atoms with Gasteiger partial charge in [0.05, 0.1) is 4.90 Å². The predicted molar refractivity (Wildman–Crippen MR) is 52.4 cm³/mol. The van der Waals surface area contributed by atoms with Crippen LogP contribution in [0.2, 0.25) is 0 Å². The zero-order valence-corrected chi connectivity index (χ0v) is 8.36. The zero-order valence-electron chi connectivity index (χ0n) is 7.54. The molecule has 15 heavy (non-hydrogen) atoms. The number of carboxylic acid groups (broad SMARTS) is 1. The Morgan fingerprint density at radius 3 is 2.20 bits per heavy atom. The molecule has 0 amide bonds. The molecule has 0 aliphatic heterocycles. The number of carboxylic acids is 1. The summed E-state index contributed by atoms with van der Waals surface area (Å²) < 4.78 is 30.0. The first-order valence-corrected chi connectivity index (χ1v) is 5.37. The Balaban J connectivity index is 2.77. The molecule has 0 unspecified atom stereocenters. The van der Waals surface area contributed by atoms with Crippen LogP contribution in [0.5, 0.6) is 0 Å². The standard InChI is InChI=1S/C8H9NO5S/c10-8(11)5-9-6-1-3-7(4-2-6)15(12,13)14/h1-4,9H,5H2,(H,10,11)(H,12,13,14). The van der Waals surface area contributed by atoms with Gasteiger partial charge in [-0.05, 0) is 24.3 Å². The second-order valence-electron chi connectivity index (χ2n) is 2.75. The lowest BCUT2D eigenvalue weighted by molar-refractivity contribution is -0.134. The minimum Gasteiger partial charge on any atom is -0.480 e. The summed E-state index contributed by atoms with van der Waals surface area (Å²) in [5.74, 6) is -1.02. The summed E-state index contributed by atoms with van der Waals surface area (Å²) in [5.41, 5.74) is 0.463. The van der Waals surface area contributed by atoms with Gasteiger partial charge in [0.25, 0.3) is 10.1 Å². The maximum absolute atomic E-state index is 10.7. The van der Waals surface area contributed by atoms with Gasteiger partial charge in [0.1, 0.15) is 6.54 Å². The molecule has 0 aliphatic carbocycles. The quantitative estimate of drug-likeness (QED) is 0.649. The molecule has 1 rings (SSSR count). The van der Waals surface area contributed by atoms with Crippen molar-refractivity contribution in [2.24, 2.45) is 0 Å². The molecule has 6 nitrogen and oxygen atoms in total. The fraction of sp³-hybridized carbons (Fsp3) is 0.125. The predicted octanol–water partition coefficient (Wildman–Crippen LogP) is 0.430. The van der Waals surface area contributed by atoms with Gasteiger partial charge in [-0.2, -0.15) is 8.42 Å². The van der Waals surface area contributed by atoms with E-state index in [1.807, 2.05) is 0 Å². The van der Waals surface area contributed by atoms with Crippen LogP contribution in [0.4, 0.5) is 5.69 Å². The van der Waals surface area contributed by atoms with E-state index in [0.29, 0.717) is 5.69 Å². The van der Waals surface area contributed by atoms with E-state index in [1.54, 1.807) is 0 Å².